The number of alkyl halides is 1. The zero-order chi connectivity index (χ0) is 76.3. The number of piperidine rings is 1. The van der Waals surface area contributed by atoms with E-state index < -0.39 is 10.1 Å². The van der Waals surface area contributed by atoms with Crippen LogP contribution in [0.3, 0.4) is 0 Å². The maximum absolute atomic E-state index is 13.5. The summed E-state index contributed by atoms with van der Waals surface area (Å²) in [4.78, 5) is 54.6. The number of Topliss-reactive ketones (excluding diaryl/α,β-unsaturated/α-hetero) is 2. The Balaban J connectivity index is 0.000000129. The Bertz CT molecular complexity index is 5270. The number of nitrogens with zero attached hydrogens (tertiary/aromatic N) is 12. The summed E-state index contributed by atoms with van der Waals surface area (Å²) < 4.78 is 35.5. The fraction of sp³-hybridized carbons (Fsp3) is 0.372. The van der Waals surface area contributed by atoms with E-state index in [1.165, 1.54) is 125 Å². The third-order valence-corrected chi connectivity index (χ3v) is 23.1. The highest BCUT2D eigenvalue weighted by molar-refractivity contribution is 7.86. The molecule has 0 saturated carbocycles. The number of hydrogen-bond acceptors (Lipinski definition) is 13. The number of ketones is 2. The van der Waals surface area contributed by atoms with Crippen molar-refractivity contribution in [2.24, 2.45) is 0 Å². The number of hydrogen-bond donors (Lipinski definition) is 0. The van der Waals surface area contributed by atoms with Gasteiger partial charge in [0, 0.05) is 110 Å². The molecule has 570 valence electrons. The van der Waals surface area contributed by atoms with Gasteiger partial charge in [0.15, 0.2) is 11.6 Å². The summed E-state index contributed by atoms with van der Waals surface area (Å²) in [5.41, 5.74) is 21.7. The van der Waals surface area contributed by atoms with E-state index in [1.807, 2.05) is 136 Å². The molecule has 0 spiro atoms. The molecule has 8 aromatic heterocycles. The molecule has 0 radical (unpaired) electrons. The highest BCUT2D eigenvalue weighted by Gasteiger charge is 2.27. The summed E-state index contributed by atoms with van der Waals surface area (Å²) >= 11 is 30.1. The monoisotopic (exact) mass is 1580 g/mol. The maximum atomic E-state index is 13.5. The van der Waals surface area contributed by atoms with Crippen LogP contribution in [0.5, 0.6) is 0 Å². The molecule has 23 heteroatoms. The Labute approximate surface area is 664 Å². The first-order valence-corrected chi connectivity index (χ1v) is 41.9. The van der Waals surface area contributed by atoms with Crippen LogP contribution in [-0.4, -0.2) is 175 Å². The van der Waals surface area contributed by atoms with E-state index in [1.54, 1.807) is 6.20 Å². The lowest BCUT2D eigenvalue weighted by Crippen LogP contribution is -2.34. The smallest absolute Gasteiger partial charge is 0.264 e. The summed E-state index contributed by atoms with van der Waals surface area (Å²) in [5.74, 6) is 0.0116. The summed E-state index contributed by atoms with van der Waals surface area (Å²) in [5, 5.41) is 2.83. The van der Waals surface area contributed by atoms with Crippen molar-refractivity contribution >= 4 is 124 Å². The third-order valence-electron chi connectivity index (χ3n) is 21.3. The standard InChI is InChI=1S/C27H33ClN4O.C22H23Cl2N3O.C20H22ClN3.C17H17ClN2O3S/c1-20-26(25(33)19-31-14-3-2-4-15-31)27-24(32(20)23-9-7-22(28)8-10-23)17-21(18-29-27)11-16-30-12-5-6-13-30;1-15-21(20(28)13-23)22-19(27(15)18-6-4-17(24)5-7-18)12-16(14-25-22)8-11-26-9-2-3-10-26;1-15-12-19-20(24(15)18-6-4-17(21)5-7-18)13-16(14-22-19)8-11-23-9-2-3-10-23;1-12-9-16-17(20(12)15-5-3-14(18)4-6-15)10-13(11-19-16)7-8-23-24(2,21)22/h7-10,17-18H,2-6,11-16,19H2,1H3;4-7,12,14H,2-3,8-11,13H2,1H3;4-7,12-14H,2-3,8-11H2,1H3;3-6,9-11H,7-8H2,1-2H3. The second kappa shape index (κ2) is 36.6. The van der Waals surface area contributed by atoms with E-state index in [-0.39, 0.29) is 24.1 Å². The zero-order valence-electron chi connectivity index (χ0n) is 62.8. The van der Waals surface area contributed by atoms with Gasteiger partial charge in [0.25, 0.3) is 10.1 Å². The molecule has 4 fully saturated rings. The first-order valence-electron chi connectivity index (χ1n) is 38.1. The predicted molar refractivity (Wildman–Crippen MR) is 446 cm³/mol. The fourth-order valence-electron chi connectivity index (χ4n) is 15.7. The van der Waals surface area contributed by atoms with Crippen LogP contribution in [0.25, 0.3) is 66.9 Å². The Hall–Kier alpha value is -7.82. The van der Waals surface area contributed by atoms with Crippen LogP contribution in [-0.2, 0) is 40.0 Å². The van der Waals surface area contributed by atoms with E-state index in [0.29, 0.717) is 39.1 Å². The Morgan fingerprint density at radius 2 is 0.706 bits per heavy atom. The minimum absolute atomic E-state index is 0.0566. The SMILES string of the molecule is Cc1c(C(=O)CCl)c2ncc(CCN3CCCC3)cc2n1-c1ccc(Cl)cc1.Cc1c(C(=O)CN2CCCCC2)c2ncc(CCN3CCCC3)cc2n1-c1ccc(Cl)cc1.Cc1cc2ncc(CCN3CCCC3)cc2n1-c1ccc(Cl)cc1.Cc1cc2ncc(CCOS(C)(=O)=O)cc2n1-c1ccc(Cl)cc1. The lowest BCUT2D eigenvalue weighted by molar-refractivity contribution is 0.0915. The van der Waals surface area contributed by atoms with E-state index >= 15 is 0 Å². The van der Waals surface area contributed by atoms with Gasteiger partial charge in [0.2, 0.25) is 0 Å². The molecule has 0 amide bonds. The minimum Gasteiger partial charge on any atom is -0.312 e. The van der Waals surface area contributed by atoms with Crippen LogP contribution in [0.4, 0.5) is 0 Å². The molecule has 109 heavy (non-hydrogen) atoms. The number of likely N-dealkylation sites (tertiary alicyclic amines) is 4. The lowest BCUT2D eigenvalue weighted by Gasteiger charge is -2.25. The molecule has 4 aliphatic heterocycles. The van der Waals surface area contributed by atoms with Gasteiger partial charge in [-0.25, -0.2) is 0 Å². The Morgan fingerprint density at radius 3 is 1.06 bits per heavy atom. The second-order valence-electron chi connectivity index (χ2n) is 29.1. The molecule has 0 aliphatic carbocycles. The predicted octanol–water partition coefficient (Wildman–Crippen LogP) is 18.5. The number of pyridine rings is 4. The van der Waals surface area contributed by atoms with Crippen LogP contribution < -0.4 is 0 Å². The summed E-state index contributed by atoms with van der Waals surface area (Å²) in [6.07, 6.45) is 23.7. The minimum atomic E-state index is -3.43. The van der Waals surface area contributed by atoms with Crippen molar-refractivity contribution < 1.29 is 22.2 Å². The van der Waals surface area contributed by atoms with Crippen LogP contribution >= 0.6 is 58.0 Å². The molecule has 12 heterocycles. The number of rotatable bonds is 22. The number of halogens is 5. The molecule has 0 bridgehead atoms. The molecule has 12 aromatic rings. The van der Waals surface area contributed by atoms with Crippen molar-refractivity contribution in [1.82, 2.24) is 57.8 Å². The van der Waals surface area contributed by atoms with E-state index in [4.69, 9.17) is 67.2 Å². The van der Waals surface area contributed by atoms with E-state index in [9.17, 15) is 18.0 Å². The number of benzene rings is 4. The van der Waals surface area contributed by atoms with Gasteiger partial charge >= 0.3 is 0 Å². The van der Waals surface area contributed by atoms with Crippen molar-refractivity contribution in [3.63, 3.8) is 0 Å². The van der Waals surface area contributed by atoms with E-state index in [2.05, 4.69) is 96.1 Å². The number of carbonyl (C=O) groups is 2. The molecule has 0 N–H and O–H groups in total. The number of carbonyl (C=O) groups excluding carboxylic acids is 2. The van der Waals surface area contributed by atoms with Crippen molar-refractivity contribution in [3.05, 3.63) is 234 Å². The highest BCUT2D eigenvalue weighted by atomic mass is 35.5. The molecule has 17 nitrogen and oxygen atoms in total. The maximum Gasteiger partial charge on any atom is 0.264 e. The molecular weight excluding hydrogens is 1490 g/mol. The topological polar surface area (TPSA) is 162 Å². The Kier molecular flexibility index (Phi) is 26.6. The quantitative estimate of drug-likeness (QED) is 0.0358. The normalized spacial score (nSPS) is 15.2. The zero-order valence-corrected chi connectivity index (χ0v) is 67.4. The van der Waals surface area contributed by atoms with Gasteiger partial charge in [-0.05, 0) is 313 Å². The molecule has 4 aliphatic rings. The van der Waals surface area contributed by atoms with Crippen molar-refractivity contribution in [3.8, 4) is 22.7 Å². The number of aromatic nitrogens is 8. The van der Waals surface area contributed by atoms with Gasteiger partial charge in [0.1, 0.15) is 0 Å². The number of aryl methyl sites for hydroxylation is 2. The van der Waals surface area contributed by atoms with Crippen molar-refractivity contribution in [2.45, 2.75) is 111 Å². The van der Waals surface area contributed by atoms with Crippen LogP contribution in [0.1, 0.15) is 124 Å². The van der Waals surface area contributed by atoms with Gasteiger partial charge in [-0.3, -0.25) is 38.6 Å². The molecule has 4 aromatic carbocycles. The summed E-state index contributed by atoms with van der Waals surface area (Å²) in [7, 11) is -3.43. The van der Waals surface area contributed by atoms with Crippen LogP contribution in [0.15, 0.2) is 158 Å². The fourth-order valence-corrected chi connectivity index (χ4v) is 16.7. The second-order valence-corrected chi connectivity index (χ2v) is 32.8. The van der Waals surface area contributed by atoms with Crippen molar-refractivity contribution in [1.29, 1.82) is 0 Å². The average Bonchev–Trinajstić information content (AvgIpc) is 1.65. The highest BCUT2D eigenvalue weighted by Crippen LogP contribution is 2.34. The number of fused-ring (bicyclic) bond motifs is 4. The van der Waals surface area contributed by atoms with Crippen LogP contribution in [0.2, 0.25) is 20.1 Å². The van der Waals surface area contributed by atoms with Gasteiger partial charge in [0.05, 0.1) is 80.5 Å². The van der Waals surface area contributed by atoms with Crippen LogP contribution in [0, 0.1) is 27.7 Å². The average molecular weight is 1590 g/mol. The largest absolute Gasteiger partial charge is 0.312 e. The van der Waals surface area contributed by atoms with Gasteiger partial charge in [-0.2, -0.15) is 8.42 Å². The van der Waals surface area contributed by atoms with Gasteiger partial charge in [-0.15, -0.1) is 11.6 Å². The van der Waals surface area contributed by atoms with Gasteiger partial charge in [-0.1, -0.05) is 52.8 Å². The van der Waals surface area contributed by atoms with E-state index in [0.717, 1.165) is 147 Å². The summed E-state index contributed by atoms with van der Waals surface area (Å²) in [6.45, 7) is 21.2. The molecule has 0 unspecified atom stereocenters. The molecule has 16 rings (SSSR count). The third kappa shape index (κ3) is 19.7. The first-order chi connectivity index (χ1) is 52.7. The summed E-state index contributed by atoms with van der Waals surface area (Å²) in [6, 6.07) is 43.9. The van der Waals surface area contributed by atoms with Crippen molar-refractivity contribution in [2.75, 3.05) is 97.3 Å². The first kappa shape index (κ1) is 79.3. The molecular formula is C86H95Cl5N12O5S. The molecule has 4 saturated heterocycles. The molecule has 0 atom stereocenters. The lowest BCUT2D eigenvalue weighted by atomic mass is 10.1. The Morgan fingerprint density at radius 1 is 0.394 bits per heavy atom. The van der Waals surface area contributed by atoms with Gasteiger partial charge < -0.3 is 33.0 Å².